The summed E-state index contributed by atoms with van der Waals surface area (Å²) in [7, 11) is 2.13. The molecule has 2 atom stereocenters. The highest BCUT2D eigenvalue weighted by atomic mass is 16.3. The van der Waals surface area contributed by atoms with E-state index in [1.165, 1.54) is 64.2 Å². The second-order valence-corrected chi connectivity index (χ2v) is 11.3. The quantitative estimate of drug-likeness (QED) is 0.0546. The van der Waals surface area contributed by atoms with Crippen LogP contribution in [-0.4, -0.2) is 73.6 Å². The number of rotatable bonds is 30. The van der Waals surface area contributed by atoms with Gasteiger partial charge in [-0.05, 0) is 72.3 Å². The Morgan fingerprint density at radius 2 is 0.950 bits per heavy atom. The predicted molar refractivity (Wildman–Crippen MR) is 177 cm³/mol. The second-order valence-electron chi connectivity index (χ2n) is 11.3. The SMILES string of the molecule is C/C=C\C/C=C\CCCCCCCC(O)CNCCN(C)CCNCC(O)CCCCCCC/C=C\C/C=C\C. The third-order valence-corrected chi connectivity index (χ3v) is 7.27. The number of hydrogen-bond donors (Lipinski definition) is 4. The Morgan fingerprint density at radius 3 is 1.38 bits per heavy atom. The van der Waals surface area contributed by atoms with E-state index in [0.717, 1.165) is 64.7 Å². The lowest BCUT2D eigenvalue weighted by Gasteiger charge is -2.19. The number of aliphatic hydroxyl groups excluding tert-OH is 2. The summed E-state index contributed by atoms with van der Waals surface area (Å²) in [5, 5.41) is 27.2. The molecule has 0 aliphatic rings. The average Bonchev–Trinajstić information content (AvgIpc) is 2.95. The van der Waals surface area contributed by atoms with Gasteiger partial charge in [0.15, 0.2) is 0 Å². The molecule has 0 aliphatic carbocycles. The lowest BCUT2D eigenvalue weighted by Crippen LogP contribution is -2.38. The van der Waals surface area contributed by atoms with Crippen LogP contribution < -0.4 is 10.6 Å². The van der Waals surface area contributed by atoms with Crippen LogP contribution >= 0.6 is 0 Å². The molecule has 0 aliphatic heterocycles. The van der Waals surface area contributed by atoms with Crippen LogP contribution in [-0.2, 0) is 0 Å². The van der Waals surface area contributed by atoms with E-state index in [2.05, 4.69) is 85.0 Å². The highest BCUT2D eigenvalue weighted by molar-refractivity contribution is 4.91. The number of hydrogen-bond acceptors (Lipinski definition) is 5. The minimum absolute atomic E-state index is 0.238. The first kappa shape index (κ1) is 38.8. The maximum absolute atomic E-state index is 10.2. The number of aliphatic hydroxyl groups is 2. The summed E-state index contributed by atoms with van der Waals surface area (Å²) in [6, 6.07) is 0. The number of nitrogens with zero attached hydrogens (tertiary/aromatic N) is 1. The zero-order valence-electron chi connectivity index (χ0n) is 26.7. The van der Waals surface area contributed by atoms with Gasteiger partial charge >= 0.3 is 0 Å². The van der Waals surface area contributed by atoms with Gasteiger partial charge in [-0.1, -0.05) is 100.0 Å². The predicted octanol–water partition coefficient (Wildman–Crippen LogP) is 7.33. The smallest absolute Gasteiger partial charge is 0.0664 e. The van der Waals surface area contributed by atoms with Crippen LogP contribution in [0.4, 0.5) is 0 Å². The van der Waals surface area contributed by atoms with E-state index in [1.807, 2.05) is 0 Å². The number of unbranched alkanes of at least 4 members (excludes halogenated alkanes) is 10. The van der Waals surface area contributed by atoms with Crippen molar-refractivity contribution in [2.75, 3.05) is 46.3 Å². The standard InChI is InChI=1S/C35H67N3O2/c1-4-6-8-10-12-14-16-18-20-22-24-26-34(39)32-36-28-30-38(3)31-29-37-33-35(40)27-25-23-21-19-17-15-13-11-9-7-5-2/h4-7,10-13,34-37,39-40H,8-9,14-33H2,1-3H3/b6-4-,7-5-,12-10-,13-11-. The summed E-state index contributed by atoms with van der Waals surface area (Å²) >= 11 is 0. The number of likely N-dealkylation sites (N-methyl/N-ethyl adjacent to an activating group) is 1. The molecule has 0 fully saturated rings. The van der Waals surface area contributed by atoms with Gasteiger partial charge in [0.1, 0.15) is 0 Å². The van der Waals surface area contributed by atoms with E-state index in [-0.39, 0.29) is 12.2 Å². The largest absolute Gasteiger partial charge is 0.392 e. The minimum atomic E-state index is -0.238. The molecule has 4 N–H and O–H groups in total. The van der Waals surface area contributed by atoms with Crippen molar-refractivity contribution < 1.29 is 10.2 Å². The maximum atomic E-state index is 10.2. The van der Waals surface area contributed by atoms with Crippen LogP contribution in [0.3, 0.4) is 0 Å². The zero-order chi connectivity index (χ0) is 29.4. The van der Waals surface area contributed by atoms with Gasteiger partial charge in [-0.3, -0.25) is 0 Å². The number of allylic oxidation sites excluding steroid dienone is 8. The van der Waals surface area contributed by atoms with Crippen LogP contribution in [0.2, 0.25) is 0 Å². The Bertz CT molecular complexity index is 566. The second kappa shape index (κ2) is 32.3. The van der Waals surface area contributed by atoms with Gasteiger partial charge in [0.05, 0.1) is 12.2 Å². The van der Waals surface area contributed by atoms with Gasteiger partial charge in [-0.15, -0.1) is 0 Å². The fourth-order valence-corrected chi connectivity index (χ4v) is 4.60. The summed E-state index contributed by atoms with van der Waals surface area (Å²) < 4.78 is 0. The summed E-state index contributed by atoms with van der Waals surface area (Å²) in [5.74, 6) is 0. The summed E-state index contributed by atoms with van der Waals surface area (Å²) in [4.78, 5) is 2.30. The molecule has 2 unspecified atom stereocenters. The van der Waals surface area contributed by atoms with Crippen LogP contribution in [0.1, 0.15) is 117 Å². The van der Waals surface area contributed by atoms with Crippen molar-refractivity contribution in [3.63, 3.8) is 0 Å². The van der Waals surface area contributed by atoms with E-state index in [1.54, 1.807) is 0 Å². The van der Waals surface area contributed by atoms with Crippen LogP contribution in [0, 0.1) is 0 Å². The zero-order valence-corrected chi connectivity index (χ0v) is 26.7. The topological polar surface area (TPSA) is 67.8 Å². The van der Waals surface area contributed by atoms with Gasteiger partial charge in [0.2, 0.25) is 0 Å². The molecule has 40 heavy (non-hydrogen) atoms. The van der Waals surface area contributed by atoms with Crippen molar-refractivity contribution in [3.8, 4) is 0 Å². The van der Waals surface area contributed by atoms with E-state index in [9.17, 15) is 10.2 Å². The highest BCUT2D eigenvalue weighted by Gasteiger charge is 2.06. The highest BCUT2D eigenvalue weighted by Crippen LogP contribution is 2.10. The molecule has 0 aromatic heterocycles. The van der Waals surface area contributed by atoms with E-state index in [0.29, 0.717) is 13.1 Å². The van der Waals surface area contributed by atoms with Gasteiger partial charge in [-0.25, -0.2) is 0 Å². The van der Waals surface area contributed by atoms with Crippen molar-refractivity contribution in [1.82, 2.24) is 15.5 Å². The lowest BCUT2D eigenvalue weighted by atomic mass is 10.1. The first-order valence-electron chi connectivity index (χ1n) is 16.6. The minimum Gasteiger partial charge on any atom is -0.392 e. The van der Waals surface area contributed by atoms with Crippen molar-refractivity contribution in [3.05, 3.63) is 48.6 Å². The fourth-order valence-electron chi connectivity index (χ4n) is 4.60. The molecule has 0 saturated carbocycles. The Labute approximate surface area is 249 Å². The van der Waals surface area contributed by atoms with Gasteiger partial charge < -0.3 is 25.7 Å². The van der Waals surface area contributed by atoms with Gasteiger partial charge in [0, 0.05) is 39.3 Å². The van der Waals surface area contributed by atoms with Crippen LogP contribution in [0.5, 0.6) is 0 Å². The monoisotopic (exact) mass is 562 g/mol. The summed E-state index contributed by atoms with van der Waals surface area (Å²) in [6.45, 7) is 9.21. The van der Waals surface area contributed by atoms with Crippen molar-refractivity contribution in [2.45, 2.75) is 129 Å². The fraction of sp³-hybridized carbons (Fsp3) is 0.771. The molecular formula is C35H67N3O2. The molecule has 0 aromatic rings. The van der Waals surface area contributed by atoms with Crippen LogP contribution in [0.25, 0.3) is 0 Å². The third kappa shape index (κ3) is 31.3. The van der Waals surface area contributed by atoms with E-state index >= 15 is 0 Å². The van der Waals surface area contributed by atoms with Gasteiger partial charge in [-0.2, -0.15) is 0 Å². The van der Waals surface area contributed by atoms with E-state index < -0.39 is 0 Å². The lowest BCUT2D eigenvalue weighted by molar-refractivity contribution is 0.154. The Balaban J connectivity index is 3.43. The molecule has 0 bridgehead atoms. The molecule has 0 rings (SSSR count). The Hall–Kier alpha value is -1.24. The number of nitrogens with one attached hydrogen (secondary N) is 2. The molecule has 234 valence electrons. The normalized spacial score (nSPS) is 14.2. The molecule has 0 heterocycles. The summed E-state index contributed by atoms with van der Waals surface area (Å²) in [6.07, 6.45) is 35.8. The molecular weight excluding hydrogens is 494 g/mol. The summed E-state index contributed by atoms with van der Waals surface area (Å²) in [5.41, 5.74) is 0. The molecule has 0 aromatic carbocycles. The van der Waals surface area contributed by atoms with Crippen molar-refractivity contribution >= 4 is 0 Å². The Morgan fingerprint density at radius 1 is 0.550 bits per heavy atom. The first-order valence-corrected chi connectivity index (χ1v) is 16.6. The molecule has 5 nitrogen and oxygen atoms in total. The van der Waals surface area contributed by atoms with Crippen LogP contribution in [0.15, 0.2) is 48.6 Å². The third-order valence-electron chi connectivity index (χ3n) is 7.27. The molecule has 0 saturated heterocycles. The van der Waals surface area contributed by atoms with E-state index in [4.69, 9.17) is 0 Å². The first-order chi connectivity index (χ1) is 19.6. The molecule has 0 spiro atoms. The maximum Gasteiger partial charge on any atom is 0.0664 e. The van der Waals surface area contributed by atoms with Crippen molar-refractivity contribution in [2.24, 2.45) is 0 Å². The van der Waals surface area contributed by atoms with Crippen molar-refractivity contribution in [1.29, 1.82) is 0 Å². The van der Waals surface area contributed by atoms with Gasteiger partial charge in [0.25, 0.3) is 0 Å². The molecule has 0 amide bonds. The molecule has 0 radical (unpaired) electrons. The molecule has 5 heteroatoms. The average molecular weight is 562 g/mol. The Kier molecular flexibility index (Phi) is 31.3.